The molecule has 0 radical (unpaired) electrons. The first kappa shape index (κ1) is 95.8. The molecule has 0 bridgehead atoms. The van der Waals surface area contributed by atoms with Crippen molar-refractivity contribution in [3.8, 4) is 0 Å². The van der Waals surface area contributed by atoms with Crippen LogP contribution in [0.15, 0.2) is 71.8 Å². The summed E-state index contributed by atoms with van der Waals surface area (Å²) in [7, 11) is 0. The van der Waals surface area contributed by atoms with Gasteiger partial charge in [-0.15, -0.1) is 0 Å². The van der Waals surface area contributed by atoms with Gasteiger partial charge in [0, 0.05) is 16.7 Å². The summed E-state index contributed by atoms with van der Waals surface area (Å²) in [6.45, 7) is 13.7. The molecule has 1 heterocycles. The second-order valence-electron chi connectivity index (χ2n) is 32.5. The standard InChI is InChI=1S/C41H60N2.2C29H59.Ni/c1-5-9-13-14-15-16-17-18-21-31-39-38(30-12-8-4)40(36-28-22-26-34(32-36)24-19-10-6-2)43(42)41(39)37-29-23-27-35(33-37)25-20-11-7-3;2*1-3-5-7-9-11-13-15-17-19-21-23-25-27-29-28-26-24-22-20-18-16-14-12-10-8-6-4-2;/h21-23,26-29,31-33H,5-20,24-25,30H2,1-4H3;2*1,3-29H2,2H3;. The van der Waals surface area contributed by atoms with Crippen LogP contribution in [0, 0.1) is 0 Å². The number of aryl methyl sites for hydroxylation is 2. The first-order valence-electron chi connectivity index (χ1n) is 46.8. The summed E-state index contributed by atoms with van der Waals surface area (Å²) < 4.78 is 1.54. The average Bonchev–Trinajstić information content (AvgIpc) is 1.61. The Kier molecular flexibility index (Phi) is 72.3. The quantitative estimate of drug-likeness (QED) is 0.0358. The van der Waals surface area contributed by atoms with Crippen LogP contribution in [0.1, 0.15) is 520 Å². The molecule has 3 heteroatoms. The minimum Gasteiger partial charge on any atom is -0.0654 e. The van der Waals surface area contributed by atoms with Gasteiger partial charge in [0.2, 0.25) is 11.4 Å². The molecule has 0 aliphatic carbocycles. The van der Waals surface area contributed by atoms with Crippen LogP contribution in [0.2, 0.25) is 10.8 Å². The van der Waals surface area contributed by atoms with Gasteiger partial charge in [-0.2, -0.15) is 0 Å². The normalized spacial score (nSPS) is 12.6. The van der Waals surface area contributed by atoms with E-state index >= 15 is 0 Å². The Bertz CT molecular complexity index is 2120. The van der Waals surface area contributed by atoms with E-state index in [1.54, 1.807) is 0 Å². The first-order chi connectivity index (χ1) is 50.6. The molecule has 594 valence electrons. The van der Waals surface area contributed by atoms with Crippen molar-refractivity contribution in [3.05, 3.63) is 99.6 Å². The zero-order chi connectivity index (χ0) is 73.0. The van der Waals surface area contributed by atoms with Crippen LogP contribution in [0.3, 0.4) is 0 Å². The van der Waals surface area contributed by atoms with E-state index in [9.17, 15) is 5.53 Å². The van der Waals surface area contributed by atoms with E-state index in [4.69, 9.17) is 0 Å². The Labute approximate surface area is 647 Å². The Hall–Kier alpha value is -2.25. The number of allylic oxidation sites excluding steroid dienone is 4. The molecular weight excluding hydrogens is 1280 g/mol. The van der Waals surface area contributed by atoms with Crippen LogP contribution in [0.5, 0.6) is 0 Å². The van der Waals surface area contributed by atoms with Gasteiger partial charge in [-0.25, -0.2) is 4.70 Å². The monoisotopic (exact) mass is 1450 g/mol. The Morgan fingerprint density at radius 3 is 0.794 bits per heavy atom. The molecule has 2 nitrogen and oxygen atoms in total. The number of rotatable bonds is 78. The van der Waals surface area contributed by atoms with E-state index < -0.39 is 0 Å². The molecule has 0 spiro atoms. The average molecular weight is 1460 g/mol. The Morgan fingerprint density at radius 2 is 0.510 bits per heavy atom. The van der Waals surface area contributed by atoms with Crippen molar-refractivity contribution < 1.29 is 19.1 Å². The van der Waals surface area contributed by atoms with Gasteiger partial charge in [-0.1, -0.05) is 354 Å². The molecule has 0 N–H and O–H groups in total. The molecule has 0 unspecified atom stereocenters. The van der Waals surface area contributed by atoms with Gasteiger partial charge in [0.25, 0.3) is 0 Å². The third-order valence-corrected chi connectivity index (χ3v) is 23.9. The van der Waals surface area contributed by atoms with Gasteiger partial charge in [0.1, 0.15) is 0 Å². The van der Waals surface area contributed by atoms with Crippen molar-refractivity contribution in [3.63, 3.8) is 0 Å². The molecular formula is C99H178N2Ni. The van der Waals surface area contributed by atoms with Gasteiger partial charge < -0.3 is 5.53 Å². The number of nitrogens with zero attached hydrogens (tertiary/aromatic N) is 2. The van der Waals surface area contributed by atoms with E-state index in [0.717, 1.165) is 61.0 Å². The molecule has 2 aromatic rings. The molecule has 0 aromatic heterocycles. The Balaban J connectivity index is 0.000000725. The second-order valence-corrected chi connectivity index (χ2v) is 34.0. The number of benzene rings is 2. The van der Waals surface area contributed by atoms with Crippen LogP contribution < -0.4 is 0 Å². The van der Waals surface area contributed by atoms with Crippen molar-refractivity contribution in [2.75, 3.05) is 0 Å². The van der Waals surface area contributed by atoms with Crippen molar-refractivity contribution in [1.29, 1.82) is 0 Å². The molecule has 1 aliphatic heterocycles. The minimum atomic E-state index is 0.950. The number of hydrogen-bond acceptors (Lipinski definition) is 0. The fourth-order valence-electron chi connectivity index (χ4n) is 15.7. The van der Waals surface area contributed by atoms with Gasteiger partial charge in [0.15, 0.2) is 0 Å². The maximum atomic E-state index is 12.0. The molecule has 102 heavy (non-hydrogen) atoms. The minimum absolute atomic E-state index is 0.950. The summed E-state index contributed by atoms with van der Waals surface area (Å²) in [5, 5.41) is 2.87. The predicted octanol–water partition coefficient (Wildman–Crippen LogP) is 36.2. The number of unbranched alkanes of at least 4 members (excludes halogenated alkanes) is 64. The van der Waals surface area contributed by atoms with E-state index in [0.29, 0.717) is 0 Å². The van der Waals surface area contributed by atoms with Crippen molar-refractivity contribution in [1.82, 2.24) is 0 Å². The topological polar surface area (TPSA) is 25.3 Å². The van der Waals surface area contributed by atoms with E-state index in [2.05, 4.69) is 117 Å². The predicted molar refractivity (Wildman–Crippen MR) is 458 cm³/mol. The third kappa shape index (κ3) is 57.0. The molecule has 1 aliphatic rings. The molecule has 0 saturated heterocycles. The molecule has 3 rings (SSSR count). The smallest absolute Gasteiger partial charge is 0.0654 e. The van der Waals surface area contributed by atoms with Gasteiger partial charge in [-0.3, -0.25) is 0 Å². The molecule has 0 atom stereocenters. The van der Waals surface area contributed by atoms with E-state index in [1.165, 1.54) is 468 Å². The molecule has 0 amide bonds. The SMILES string of the molecule is CCCCCCCCCC=CC1=C(c2cccc(CCCCC)c2)[N+](=[N-])C(c2cccc(CCCCC)c2)=C1CCCC.CCCCCCCCCCCCCCCCCCCCCCCCCCCC[CH2][Ni][CH2]CCCCCCCCCCCCCCCCCCCCCCCCCCCC. The van der Waals surface area contributed by atoms with Gasteiger partial charge >= 0.3 is 166 Å². The third-order valence-electron chi connectivity index (χ3n) is 22.5. The van der Waals surface area contributed by atoms with Crippen molar-refractivity contribution >= 4 is 11.4 Å². The van der Waals surface area contributed by atoms with Crippen molar-refractivity contribution in [2.24, 2.45) is 0 Å². The van der Waals surface area contributed by atoms with Crippen LogP contribution in [0.25, 0.3) is 16.9 Å². The van der Waals surface area contributed by atoms with Crippen LogP contribution in [0.4, 0.5) is 0 Å². The Morgan fingerprint density at radius 1 is 0.265 bits per heavy atom. The molecule has 0 saturated carbocycles. The van der Waals surface area contributed by atoms with Gasteiger partial charge in [0.05, 0.1) is 5.57 Å². The summed E-state index contributed by atoms with van der Waals surface area (Å²) >= 11 is 2.05. The van der Waals surface area contributed by atoms with Crippen molar-refractivity contribution in [2.45, 2.75) is 521 Å². The molecule has 2 aromatic carbocycles. The summed E-state index contributed by atoms with van der Waals surface area (Å²) in [5.41, 5.74) is 21.4. The van der Waals surface area contributed by atoms with Crippen LogP contribution in [-0.4, -0.2) is 4.70 Å². The zero-order valence-electron chi connectivity index (χ0n) is 70.0. The second kappa shape index (κ2) is 76.9. The van der Waals surface area contributed by atoms with Gasteiger partial charge in [-0.05, 0) is 86.8 Å². The summed E-state index contributed by atoms with van der Waals surface area (Å²) in [6.07, 6.45) is 108. The summed E-state index contributed by atoms with van der Waals surface area (Å²) in [4.78, 5) is 0. The van der Waals surface area contributed by atoms with E-state index in [-0.39, 0.29) is 0 Å². The first-order valence-corrected chi connectivity index (χ1v) is 48.2. The fraction of sp³-hybridized carbons (Fsp3) is 0.818. The van der Waals surface area contributed by atoms with Crippen LogP contribution >= 0.6 is 0 Å². The molecule has 0 fully saturated rings. The summed E-state index contributed by atoms with van der Waals surface area (Å²) in [6, 6.07) is 17.9. The van der Waals surface area contributed by atoms with E-state index in [1.807, 2.05) is 0 Å². The maximum absolute atomic E-state index is 12.0. The van der Waals surface area contributed by atoms with Crippen LogP contribution in [-0.2, 0) is 27.3 Å². The zero-order valence-corrected chi connectivity index (χ0v) is 71.0. The summed E-state index contributed by atoms with van der Waals surface area (Å²) in [5.74, 6) is 0. The fourth-order valence-corrected chi connectivity index (χ4v) is 16.9. The number of hydrogen-bond donors (Lipinski definition) is 0.